The lowest BCUT2D eigenvalue weighted by Crippen LogP contribution is -2.19. The molecule has 0 amide bonds. The van der Waals surface area contributed by atoms with E-state index in [1.165, 1.54) is 28.8 Å². The molecule has 0 aromatic heterocycles. The van der Waals surface area contributed by atoms with Crippen molar-refractivity contribution in [1.82, 2.24) is 5.32 Å². The van der Waals surface area contributed by atoms with Gasteiger partial charge in [-0.25, -0.2) is 8.78 Å². The summed E-state index contributed by atoms with van der Waals surface area (Å²) in [5, 5.41) is 3.28. The SMILES string of the molecule is Cc1ccc(C)c(C(C)NCc2ccc(F)cc2F)c1. The van der Waals surface area contributed by atoms with Gasteiger partial charge in [0.2, 0.25) is 0 Å². The van der Waals surface area contributed by atoms with Crippen LogP contribution in [0.15, 0.2) is 36.4 Å². The molecule has 0 fully saturated rings. The molecule has 3 heteroatoms. The summed E-state index contributed by atoms with van der Waals surface area (Å²) in [6.07, 6.45) is 0. The van der Waals surface area contributed by atoms with E-state index in [9.17, 15) is 8.78 Å². The Morgan fingerprint density at radius 1 is 1.05 bits per heavy atom. The Hall–Kier alpha value is -1.74. The molecule has 1 atom stereocenters. The highest BCUT2D eigenvalue weighted by molar-refractivity contribution is 5.32. The standard InChI is InChI=1S/C17H19F2N/c1-11-4-5-12(2)16(8-11)13(3)20-10-14-6-7-15(18)9-17(14)19/h4-9,13,20H,10H2,1-3H3. The minimum atomic E-state index is -0.547. The number of aryl methyl sites for hydroxylation is 2. The molecule has 1 nitrogen and oxygen atoms in total. The molecule has 0 bridgehead atoms. The molecule has 1 unspecified atom stereocenters. The average Bonchev–Trinajstić information content (AvgIpc) is 2.40. The molecule has 0 aliphatic rings. The fourth-order valence-electron chi connectivity index (χ4n) is 2.26. The van der Waals surface area contributed by atoms with Crippen LogP contribution in [0.3, 0.4) is 0 Å². The van der Waals surface area contributed by atoms with E-state index in [0.29, 0.717) is 12.1 Å². The molecule has 0 saturated heterocycles. The van der Waals surface area contributed by atoms with Crippen LogP contribution >= 0.6 is 0 Å². The van der Waals surface area contributed by atoms with Gasteiger partial charge in [0.15, 0.2) is 0 Å². The van der Waals surface area contributed by atoms with E-state index in [4.69, 9.17) is 0 Å². The average molecular weight is 275 g/mol. The van der Waals surface area contributed by atoms with Crippen molar-refractivity contribution in [2.24, 2.45) is 0 Å². The van der Waals surface area contributed by atoms with Crippen molar-refractivity contribution in [3.63, 3.8) is 0 Å². The number of hydrogen-bond donors (Lipinski definition) is 1. The summed E-state index contributed by atoms with van der Waals surface area (Å²) >= 11 is 0. The zero-order valence-corrected chi connectivity index (χ0v) is 12.0. The van der Waals surface area contributed by atoms with E-state index in [-0.39, 0.29) is 6.04 Å². The number of benzene rings is 2. The summed E-state index contributed by atoms with van der Waals surface area (Å²) in [7, 11) is 0. The summed E-state index contributed by atoms with van der Waals surface area (Å²) in [4.78, 5) is 0. The second kappa shape index (κ2) is 6.14. The third-order valence-electron chi connectivity index (χ3n) is 3.52. The van der Waals surface area contributed by atoms with Crippen molar-refractivity contribution in [3.8, 4) is 0 Å². The summed E-state index contributed by atoms with van der Waals surface area (Å²) in [5.41, 5.74) is 4.08. The third-order valence-corrected chi connectivity index (χ3v) is 3.52. The molecule has 0 heterocycles. The van der Waals surface area contributed by atoms with Gasteiger partial charge in [-0.05, 0) is 38.0 Å². The Morgan fingerprint density at radius 2 is 1.80 bits per heavy atom. The highest BCUT2D eigenvalue weighted by atomic mass is 19.1. The van der Waals surface area contributed by atoms with Gasteiger partial charge in [0.05, 0.1) is 0 Å². The maximum Gasteiger partial charge on any atom is 0.130 e. The Bertz CT molecular complexity index is 608. The first-order chi connectivity index (χ1) is 9.47. The van der Waals surface area contributed by atoms with Gasteiger partial charge in [-0.15, -0.1) is 0 Å². The lowest BCUT2D eigenvalue weighted by atomic mass is 10.00. The van der Waals surface area contributed by atoms with Gasteiger partial charge >= 0.3 is 0 Å². The van der Waals surface area contributed by atoms with E-state index >= 15 is 0 Å². The minimum Gasteiger partial charge on any atom is -0.306 e. The van der Waals surface area contributed by atoms with E-state index in [2.05, 4.69) is 37.4 Å². The lowest BCUT2D eigenvalue weighted by molar-refractivity contribution is 0.532. The van der Waals surface area contributed by atoms with Crippen LogP contribution in [0.5, 0.6) is 0 Å². The molecule has 2 aromatic carbocycles. The van der Waals surface area contributed by atoms with E-state index in [1.54, 1.807) is 0 Å². The van der Waals surface area contributed by atoms with Crippen molar-refractivity contribution in [2.75, 3.05) is 0 Å². The van der Waals surface area contributed by atoms with Gasteiger partial charge in [0.1, 0.15) is 11.6 Å². The van der Waals surface area contributed by atoms with Gasteiger partial charge in [-0.3, -0.25) is 0 Å². The molecule has 0 aliphatic carbocycles. The van der Waals surface area contributed by atoms with Crippen LogP contribution in [-0.2, 0) is 6.54 Å². The van der Waals surface area contributed by atoms with E-state index in [0.717, 1.165) is 6.07 Å². The van der Waals surface area contributed by atoms with Crippen molar-refractivity contribution in [2.45, 2.75) is 33.4 Å². The number of nitrogens with one attached hydrogen (secondary N) is 1. The van der Waals surface area contributed by atoms with Crippen LogP contribution in [0.1, 0.15) is 35.2 Å². The molecule has 0 radical (unpaired) electrons. The van der Waals surface area contributed by atoms with Gasteiger partial charge < -0.3 is 5.32 Å². The first-order valence-corrected chi connectivity index (χ1v) is 6.72. The smallest absolute Gasteiger partial charge is 0.130 e. The van der Waals surface area contributed by atoms with Crippen LogP contribution < -0.4 is 5.32 Å². The largest absolute Gasteiger partial charge is 0.306 e. The molecule has 2 rings (SSSR count). The second-order valence-corrected chi connectivity index (χ2v) is 5.20. The highest BCUT2D eigenvalue weighted by Crippen LogP contribution is 2.20. The van der Waals surface area contributed by atoms with Crippen LogP contribution in [-0.4, -0.2) is 0 Å². The first-order valence-electron chi connectivity index (χ1n) is 6.72. The summed E-state index contributed by atoms with van der Waals surface area (Å²) in [5.74, 6) is -1.06. The predicted octanol–water partition coefficient (Wildman–Crippen LogP) is 4.43. The van der Waals surface area contributed by atoms with E-state index in [1.807, 2.05) is 6.92 Å². The molecule has 0 saturated carbocycles. The number of halogens is 2. The summed E-state index contributed by atoms with van der Waals surface area (Å²) in [6.45, 7) is 6.53. The quantitative estimate of drug-likeness (QED) is 0.870. The Kier molecular flexibility index (Phi) is 4.50. The monoisotopic (exact) mass is 275 g/mol. The maximum atomic E-state index is 13.6. The molecule has 0 spiro atoms. The van der Waals surface area contributed by atoms with Crippen LogP contribution in [0.25, 0.3) is 0 Å². The summed E-state index contributed by atoms with van der Waals surface area (Å²) < 4.78 is 26.4. The van der Waals surface area contributed by atoms with Gasteiger partial charge in [0.25, 0.3) is 0 Å². The molecule has 0 aliphatic heterocycles. The van der Waals surface area contributed by atoms with Gasteiger partial charge in [-0.1, -0.05) is 29.8 Å². The Labute approximate surface area is 118 Å². The van der Waals surface area contributed by atoms with Crippen molar-refractivity contribution >= 4 is 0 Å². The van der Waals surface area contributed by atoms with Crippen LogP contribution in [0, 0.1) is 25.5 Å². The maximum absolute atomic E-state index is 13.6. The van der Waals surface area contributed by atoms with Crippen LogP contribution in [0.4, 0.5) is 8.78 Å². The molecular formula is C17H19F2N. The number of hydrogen-bond acceptors (Lipinski definition) is 1. The third kappa shape index (κ3) is 3.42. The number of rotatable bonds is 4. The predicted molar refractivity (Wildman–Crippen MR) is 77.5 cm³/mol. The van der Waals surface area contributed by atoms with Gasteiger partial charge in [0, 0.05) is 24.2 Å². The normalized spacial score (nSPS) is 12.4. The lowest BCUT2D eigenvalue weighted by Gasteiger charge is -2.17. The summed E-state index contributed by atoms with van der Waals surface area (Å²) in [6, 6.07) is 10.1. The molecule has 106 valence electrons. The fourth-order valence-corrected chi connectivity index (χ4v) is 2.26. The van der Waals surface area contributed by atoms with Crippen molar-refractivity contribution in [1.29, 1.82) is 0 Å². The molecule has 1 N–H and O–H groups in total. The van der Waals surface area contributed by atoms with Crippen LogP contribution in [0.2, 0.25) is 0 Å². The molecule has 20 heavy (non-hydrogen) atoms. The van der Waals surface area contributed by atoms with Crippen molar-refractivity contribution in [3.05, 3.63) is 70.3 Å². The fraction of sp³-hybridized carbons (Fsp3) is 0.294. The Balaban J connectivity index is 2.08. The zero-order chi connectivity index (χ0) is 14.7. The molecular weight excluding hydrogens is 256 g/mol. The second-order valence-electron chi connectivity index (χ2n) is 5.20. The highest BCUT2D eigenvalue weighted by Gasteiger charge is 2.10. The Morgan fingerprint density at radius 3 is 2.50 bits per heavy atom. The minimum absolute atomic E-state index is 0.111. The van der Waals surface area contributed by atoms with E-state index < -0.39 is 11.6 Å². The zero-order valence-electron chi connectivity index (χ0n) is 12.0. The van der Waals surface area contributed by atoms with Gasteiger partial charge in [-0.2, -0.15) is 0 Å². The topological polar surface area (TPSA) is 12.0 Å². The van der Waals surface area contributed by atoms with Crippen molar-refractivity contribution < 1.29 is 8.78 Å². The molecule has 2 aromatic rings. The first kappa shape index (κ1) is 14.7.